The Morgan fingerprint density at radius 2 is 0.755 bits per heavy atom. The van der Waals surface area contributed by atoms with E-state index in [1.54, 1.807) is 6.07 Å². The Balaban J connectivity index is 1.28. The second-order valence-electron chi connectivity index (χ2n) is 13.1. The Kier molecular flexibility index (Phi) is 5.76. The molecule has 1 nitrogen and oxygen atoms in total. The zero-order chi connectivity index (χ0) is 42.1. The molecule has 0 radical (unpaired) electrons. The summed E-state index contributed by atoms with van der Waals surface area (Å²) in [6.45, 7) is 0. The number of hydrogen-bond acceptors (Lipinski definition) is 1. The first-order chi connectivity index (χ1) is 29.6. The van der Waals surface area contributed by atoms with Crippen LogP contribution in [0.1, 0.15) is 11.0 Å². The Bertz CT molecular complexity index is 3360. The average Bonchev–Trinajstić information content (AvgIpc) is 3.30. The van der Waals surface area contributed by atoms with Crippen LogP contribution in [0.25, 0.3) is 76.5 Å². The predicted octanol–water partition coefficient (Wildman–Crippen LogP) is 14.8. The number of hydrogen-bond donors (Lipinski definition) is 0. The van der Waals surface area contributed by atoms with E-state index in [9.17, 15) is 11.0 Å². The third-order valence-corrected chi connectivity index (χ3v) is 9.95. The zero-order valence-corrected chi connectivity index (χ0v) is 28.5. The van der Waals surface area contributed by atoms with Gasteiger partial charge in [0, 0.05) is 16.8 Å². The van der Waals surface area contributed by atoms with E-state index in [1.807, 2.05) is 158 Å². The van der Waals surface area contributed by atoms with Gasteiger partial charge in [-0.25, -0.2) is 0 Å². The van der Waals surface area contributed by atoms with Crippen molar-refractivity contribution in [3.8, 4) is 33.4 Å². The first-order valence-corrected chi connectivity index (χ1v) is 17.6. The topological polar surface area (TPSA) is 3.24 Å². The standard InChI is InChI=1S/C52H35N/c1-2-13-36(14-3-1)39-17-12-18-40(33-39)37-25-29-43(30-26-37)53(52-35-42-16-5-7-20-46(42)48-22-10-11-24-50(48)52)44-31-27-38(28-32-44)51-34-41-15-4-6-19-45(41)47-21-8-9-23-49(47)51/h1-35H/i25D,26D,27D,28D,29D,30D,31D,32D. The molecular formula is C52H35N. The fourth-order valence-electron chi connectivity index (χ4n) is 7.43. The molecule has 1 heteroatoms. The van der Waals surface area contributed by atoms with Gasteiger partial charge in [0.1, 0.15) is 0 Å². The van der Waals surface area contributed by atoms with Gasteiger partial charge in [0.25, 0.3) is 0 Å². The summed E-state index contributed by atoms with van der Waals surface area (Å²) in [6, 6.07) is 49.1. The first-order valence-electron chi connectivity index (χ1n) is 21.6. The Hall–Kier alpha value is -6.96. The van der Waals surface area contributed by atoms with Gasteiger partial charge in [-0.3, -0.25) is 0 Å². The molecule has 0 atom stereocenters. The number of anilines is 3. The van der Waals surface area contributed by atoms with Crippen molar-refractivity contribution in [3.05, 3.63) is 212 Å². The lowest BCUT2D eigenvalue weighted by atomic mass is 9.93. The van der Waals surface area contributed by atoms with Crippen molar-refractivity contribution < 1.29 is 11.0 Å². The Labute approximate surface area is 320 Å². The van der Waals surface area contributed by atoms with Crippen molar-refractivity contribution in [3.63, 3.8) is 0 Å². The molecule has 53 heavy (non-hydrogen) atoms. The Morgan fingerprint density at radius 1 is 0.302 bits per heavy atom. The molecule has 248 valence electrons. The molecule has 0 saturated carbocycles. The molecule has 10 rings (SSSR count). The van der Waals surface area contributed by atoms with Crippen molar-refractivity contribution in [2.24, 2.45) is 0 Å². The molecule has 0 amide bonds. The van der Waals surface area contributed by atoms with E-state index >= 15 is 0 Å². The maximum Gasteiger partial charge on any atom is 0.0645 e. The van der Waals surface area contributed by atoms with Crippen LogP contribution < -0.4 is 4.90 Å². The van der Waals surface area contributed by atoms with E-state index in [0.717, 1.165) is 48.8 Å². The molecule has 0 heterocycles. The van der Waals surface area contributed by atoms with Gasteiger partial charge in [0.15, 0.2) is 0 Å². The van der Waals surface area contributed by atoms with E-state index in [2.05, 4.69) is 0 Å². The van der Waals surface area contributed by atoms with Gasteiger partial charge in [-0.1, -0.05) is 170 Å². The first kappa shape index (κ1) is 23.5. The van der Waals surface area contributed by atoms with Crippen LogP contribution in [0.3, 0.4) is 0 Å². The fraction of sp³-hybridized carbons (Fsp3) is 0. The third-order valence-electron chi connectivity index (χ3n) is 9.95. The molecule has 0 aliphatic carbocycles. The second kappa shape index (κ2) is 13.0. The molecule has 10 aromatic carbocycles. The molecule has 0 spiro atoms. The average molecular weight is 682 g/mol. The fourth-order valence-corrected chi connectivity index (χ4v) is 7.43. The SMILES string of the molecule is [2H]c1c([2H])c(N(c2c([2H])c([2H])c(-c3cc4ccccc4c4ccccc34)c([2H])c2[2H])c2cc3ccccc3c3ccccc23)c([2H])c([2H])c1-c1cccc(-c2ccccc2)c1. The van der Waals surface area contributed by atoms with E-state index in [0.29, 0.717) is 22.2 Å². The molecule has 0 saturated heterocycles. The summed E-state index contributed by atoms with van der Waals surface area (Å²) in [5.74, 6) is 0. The summed E-state index contributed by atoms with van der Waals surface area (Å²) in [5, 5.41) is 6.82. The smallest absolute Gasteiger partial charge is 0.0645 e. The lowest BCUT2D eigenvalue weighted by Crippen LogP contribution is -2.10. The molecule has 0 unspecified atom stereocenters. The lowest BCUT2D eigenvalue weighted by molar-refractivity contribution is 1.30. The summed E-state index contributed by atoms with van der Waals surface area (Å²) >= 11 is 0. The highest BCUT2D eigenvalue weighted by Gasteiger charge is 2.18. The van der Waals surface area contributed by atoms with Crippen LogP contribution in [-0.4, -0.2) is 0 Å². The highest BCUT2D eigenvalue weighted by Crippen LogP contribution is 2.43. The van der Waals surface area contributed by atoms with Crippen LogP contribution in [-0.2, 0) is 0 Å². The van der Waals surface area contributed by atoms with Crippen molar-refractivity contribution in [1.82, 2.24) is 0 Å². The van der Waals surface area contributed by atoms with Crippen LogP contribution in [0.5, 0.6) is 0 Å². The Morgan fingerprint density at radius 3 is 1.40 bits per heavy atom. The van der Waals surface area contributed by atoms with Gasteiger partial charge in [-0.15, -0.1) is 0 Å². The van der Waals surface area contributed by atoms with Crippen molar-refractivity contribution in [2.45, 2.75) is 0 Å². The van der Waals surface area contributed by atoms with Crippen molar-refractivity contribution in [2.75, 3.05) is 4.90 Å². The number of nitrogens with zero attached hydrogens (tertiary/aromatic N) is 1. The maximum absolute atomic E-state index is 9.78. The largest absolute Gasteiger partial charge is 0.310 e. The van der Waals surface area contributed by atoms with Crippen LogP contribution in [0.15, 0.2) is 212 Å². The van der Waals surface area contributed by atoms with Crippen LogP contribution in [0, 0.1) is 0 Å². The van der Waals surface area contributed by atoms with E-state index < -0.39 is 0 Å². The molecule has 0 aromatic heterocycles. The minimum Gasteiger partial charge on any atom is -0.310 e. The quantitative estimate of drug-likeness (QED) is 0.158. The highest BCUT2D eigenvalue weighted by molar-refractivity contribution is 6.15. The normalized spacial score (nSPS) is 13.5. The minimum absolute atomic E-state index is 0.109. The molecule has 10 aromatic rings. The van der Waals surface area contributed by atoms with Crippen LogP contribution in [0.2, 0.25) is 0 Å². The third kappa shape index (κ3) is 5.51. The summed E-state index contributed by atoms with van der Waals surface area (Å²) in [6.07, 6.45) is 0. The van der Waals surface area contributed by atoms with Crippen LogP contribution in [0.4, 0.5) is 17.1 Å². The summed E-state index contributed by atoms with van der Waals surface area (Å²) in [4.78, 5) is 1.42. The van der Waals surface area contributed by atoms with Gasteiger partial charge in [0.05, 0.1) is 16.7 Å². The van der Waals surface area contributed by atoms with Crippen molar-refractivity contribution >= 4 is 60.2 Å². The highest BCUT2D eigenvalue weighted by atomic mass is 15.1. The zero-order valence-electron chi connectivity index (χ0n) is 36.5. The predicted molar refractivity (Wildman–Crippen MR) is 227 cm³/mol. The molecule has 0 fully saturated rings. The lowest BCUT2D eigenvalue weighted by Gasteiger charge is -2.28. The van der Waals surface area contributed by atoms with Crippen molar-refractivity contribution in [1.29, 1.82) is 0 Å². The number of fused-ring (bicyclic) bond motifs is 6. The van der Waals surface area contributed by atoms with E-state index in [-0.39, 0.29) is 70.8 Å². The second-order valence-corrected chi connectivity index (χ2v) is 13.1. The van der Waals surface area contributed by atoms with E-state index in [4.69, 9.17) is 0 Å². The van der Waals surface area contributed by atoms with E-state index in [1.165, 1.54) is 4.90 Å². The maximum atomic E-state index is 9.78. The molecule has 0 aliphatic heterocycles. The summed E-state index contributed by atoms with van der Waals surface area (Å²) in [5.41, 5.74) is 3.08. The van der Waals surface area contributed by atoms with Gasteiger partial charge >= 0.3 is 0 Å². The van der Waals surface area contributed by atoms with Gasteiger partial charge < -0.3 is 4.90 Å². The molecule has 0 aliphatic rings. The number of benzene rings is 10. The number of rotatable bonds is 6. The van der Waals surface area contributed by atoms with Gasteiger partial charge in [-0.05, 0) is 113 Å². The molecule has 0 bridgehead atoms. The minimum atomic E-state index is -0.389. The van der Waals surface area contributed by atoms with Gasteiger partial charge in [-0.2, -0.15) is 0 Å². The molecular weight excluding hydrogens is 639 g/mol. The monoisotopic (exact) mass is 681 g/mol. The summed E-state index contributed by atoms with van der Waals surface area (Å²) in [7, 11) is 0. The summed E-state index contributed by atoms with van der Waals surface area (Å²) < 4.78 is 77.2. The van der Waals surface area contributed by atoms with Crippen LogP contribution >= 0.6 is 0 Å². The molecule has 0 N–H and O–H groups in total. The van der Waals surface area contributed by atoms with Gasteiger partial charge in [0.2, 0.25) is 0 Å².